The Balaban J connectivity index is 1.49. The van der Waals surface area contributed by atoms with Crippen molar-refractivity contribution in [2.24, 2.45) is 0 Å². The lowest BCUT2D eigenvalue weighted by atomic mass is 10.0. The maximum Gasteiger partial charge on any atom is 0.459 e. The van der Waals surface area contributed by atoms with Crippen LogP contribution in [0.2, 0.25) is 0 Å². The number of nitrogen functional groups attached to an aromatic ring is 1. The average molecular weight is 538 g/mol. The lowest BCUT2D eigenvalue weighted by Crippen LogP contribution is -2.28. The zero-order chi connectivity index (χ0) is 26.8. The minimum Gasteiger partial charge on any atom is -0.462 e. The van der Waals surface area contributed by atoms with E-state index in [-0.39, 0.29) is 42.0 Å². The Kier molecular flexibility index (Phi) is 7.64. The smallest absolute Gasteiger partial charge is 0.459 e. The fraction of sp³-hybridized carbons (Fsp3) is 0.455. The molecule has 0 radical (unpaired) electrons. The molecule has 3 heterocycles. The van der Waals surface area contributed by atoms with E-state index in [1.807, 2.05) is 0 Å². The maximum atomic E-state index is 15.6. The molecule has 1 aliphatic rings. The summed E-state index contributed by atoms with van der Waals surface area (Å²) in [6, 6.07) is 8.22. The first-order valence-corrected chi connectivity index (χ1v) is 13.0. The second-order valence-corrected chi connectivity index (χ2v) is 10.7. The summed E-state index contributed by atoms with van der Waals surface area (Å²) in [6.45, 7) is 3.90. The zero-order valence-electron chi connectivity index (χ0n) is 20.4. The summed E-state index contributed by atoms with van der Waals surface area (Å²) in [5.74, 6) is -0.577. The molecule has 1 fully saturated rings. The number of hydrogen-bond acceptors (Lipinski definition) is 10. The number of nitrogens with two attached hydrogens (primary N) is 1. The third-order valence-corrected chi connectivity index (χ3v) is 6.84. The minimum atomic E-state index is -4.11. The second-order valence-electron chi connectivity index (χ2n) is 8.94. The number of aromatic amines is 1. The lowest BCUT2D eigenvalue weighted by Gasteiger charge is -2.23. The van der Waals surface area contributed by atoms with Gasteiger partial charge in [0.05, 0.1) is 25.1 Å². The number of carbonyl (C=O) groups excluding carboxylic acids is 1. The standard InChI is InChI=1S/C22H28FN6O7P/c1-13(2)34-16(30)10-26-37(32,36-14-7-5-4-6-8-14)33-11-15-9-22(3,23)20(35-15)29-12-25-17-18(29)27-21(24)28-19(17)31/h4-8,12-13,15,20H,9-11H2,1-3H3,(H,26,32)(H3,24,27,28,31)/t15-,20+,22+,37?/m0/s1. The Labute approximate surface area is 211 Å². The fourth-order valence-electron chi connectivity index (χ4n) is 3.86. The van der Waals surface area contributed by atoms with Crippen molar-refractivity contribution in [3.63, 3.8) is 0 Å². The van der Waals surface area contributed by atoms with Crippen molar-refractivity contribution >= 4 is 30.8 Å². The number of para-hydroxylation sites is 1. The molecule has 4 rings (SSSR count). The van der Waals surface area contributed by atoms with Crippen molar-refractivity contribution in [3.05, 3.63) is 47.0 Å². The van der Waals surface area contributed by atoms with Gasteiger partial charge < -0.3 is 19.7 Å². The Hall–Kier alpha value is -3.32. The van der Waals surface area contributed by atoms with Crippen LogP contribution in [0.25, 0.3) is 11.2 Å². The van der Waals surface area contributed by atoms with Crippen LogP contribution in [0.4, 0.5) is 10.3 Å². The van der Waals surface area contributed by atoms with E-state index in [9.17, 15) is 14.2 Å². The minimum absolute atomic E-state index is 0.0217. The van der Waals surface area contributed by atoms with E-state index in [1.54, 1.807) is 44.2 Å². The molecule has 200 valence electrons. The number of carbonyl (C=O) groups is 1. The van der Waals surface area contributed by atoms with Crippen LogP contribution in [-0.4, -0.2) is 56.5 Å². The lowest BCUT2D eigenvalue weighted by molar-refractivity contribution is -0.145. The number of imidazole rings is 1. The summed E-state index contributed by atoms with van der Waals surface area (Å²) in [7, 11) is -4.11. The summed E-state index contributed by atoms with van der Waals surface area (Å²) in [5, 5.41) is 2.48. The predicted molar refractivity (Wildman–Crippen MR) is 130 cm³/mol. The number of nitrogens with zero attached hydrogens (tertiary/aromatic N) is 3. The molecule has 0 aliphatic carbocycles. The molecule has 15 heteroatoms. The van der Waals surface area contributed by atoms with Crippen molar-refractivity contribution < 1.29 is 32.3 Å². The van der Waals surface area contributed by atoms with Gasteiger partial charge in [0, 0.05) is 6.42 Å². The van der Waals surface area contributed by atoms with E-state index in [2.05, 4.69) is 20.0 Å². The third-order valence-electron chi connectivity index (χ3n) is 5.35. The molecule has 4 atom stereocenters. The molecule has 2 aromatic heterocycles. The predicted octanol–water partition coefficient (Wildman–Crippen LogP) is 2.46. The fourth-order valence-corrected chi connectivity index (χ4v) is 5.15. The van der Waals surface area contributed by atoms with Gasteiger partial charge >= 0.3 is 13.7 Å². The number of H-pyrrole nitrogens is 1. The van der Waals surface area contributed by atoms with Crippen molar-refractivity contribution in [1.82, 2.24) is 24.6 Å². The molecule has 3 aromatic rings. The van der Waals surface area contributed by atoms with Gasteiger partial charge in [-0.2, -0.15) is 4.98 Å². The molecular formula is C22H28FN6O7P. The van der Waals surface area contributed by atoms with E-state index in [0.717, 1.165) is 0 Å². The zero-order valence-corrected chi connectivity index (χ0v) is 21.3. The Morgan fingerprint density at radius 2 is 2.14 bits per heavy atom. The van der Waals surface area contributed by atoms with E-state index in [0.29, 0.717) is 0 Å². The highest BCUT2D eigenvalue weighted by atomic mass is 31.2. The van der Waals surface area contributed by atoms with Crippen molar-refractivity contribution in [3.8, 4) is 5.75 Å². The largest absolute Gasteiger partial charge is 0.462 e. The number of alkyl halides is 1. The second kappa shape index (κ2) is 10.6. The first kappa shape index (κ1) is 26.7. The number of esters is 1. The monoisotopic (exact) mass is 538 g/mol. The number of benzene rings is 1. The molecule has 0 amide bonds. The highest BCUT2D eigenvalue weighted by Crippen LogP contribution is 2.47. The quantitative estimate of drug-likeness (QED) is 0.256. The molecule has 0 bridgehead atoms. The molecule has 0 saturated carbocycles. The molecule has 1 unspecified atom stereocenters. The Morgan fingerprint density at radius 3 is 2.84 bits per heavy atom. The molecule has 0 spiro atoms. The van der Waals surface area contributed by atoms with Gasteiger partial charge in [-0.3, -0.25) is 23.7 Å². The summed E-state index contributed by atoms with van der Waals surface area (Å²) < 4.78 is 52.4. The molecule has 13 nitrogen and oxygen atoms in total. The van der Waals surface area contributed by atoms with Crippen molar-refractivity contribution in [1.29, 1.82) is 0 Å². The van der Waals surface area contributed by atoms with E-state index in [1.165, 1.54) is 17.8 Å². The Bertz CT molecular complexity index is 1360. The van der Waals surface area contributed by atoms with Gasteiger partial charge in [0.1, 0.15) is 12.3 Å². The van der Waals surface area contributed by atoms with E-state index < -0.39 is 43.8 Å². The third kappa shape index (κ3) is 6.34. The number of nitrogens with one attached hydrogen (secondary N) is 2. The highest BCUT2D eigenvalue weighted by molar-refractivity contribution is 7.52. The van der Waals surface area contributed by atoms with E-state index in [4.69, 9.17) is 24.3 Å². The van der Waals surface area contributed by atoms with Crippen LogP contribution >= 0.6 is 7.75 Å². The Morgan fingerprint density at radius 1 is 1.41 bits per heavy atom. The van der Waals surface area contributed by atoms with Crippen LogP contribution in [0, 0.1) is 0 Å². The van der Waals surface area contributed by atoms with Gasteiger partial charge in [-0.15, -0.1) is 0 Å². The molecule has 1 aromatic carbocycles. The number of aromatic nitrogens is 4. The first-order valence-electron chi connectivity index (χ1n) is 11.5. The maximum absolute atomic E-state index is 15.6. The van der Waals surface area contributed by atoms with Crippen LogP contribution < -0.4 is 20.9 Å². The van der Waals surface area contributed by atoms with Crippen LogP contribution in [0.5, 0.6) is 5.75 Å². The molecular weight excluding hydrogens is 510 g/mol. The van der Waals surface area contributed by atoms with E-state index >= 15 is 4.39 Å². The number of halogens is 1. The molecule has 1 saturated heterocycles. The topological polar surface area (TPSA) is 173 Å². The van der Waals surface area contributed by atoms with Gasteiger partial charge in [-0.25, -0.2) is 19.0 Å². The average Bonchev–Trinajstić information content (AvgIpc) is 3.36. The number of rotatable bonds is 10. The molecule has 1 aliphatic heterocycles. The van der Waals surface area contributed by atoms with Crippen molar-refractivity contribution in [2.75, 3.05) is 18.9 Å². The molecule has 4 N–H and O–H groups in total. The summed E-state index contributed by atoms with van der Waals surface area (Å²) in [6.07, 6.45) is -1.35. The number of hydrogen-bond donors (Lipinski definition) is 3. The van der Waals surface area contributed by atoms with Gasteiger partial charge in [0.2, 0.25) is 5.95 Å². The normalized spacial score (nSPS) is 23.3. The number of ether oxygens (including phenoxy) is 2. The van der Waals surface area contributed by atoms with Crippen LogP contribution in [0.1, 0.15) is 33.4 Å². The summed E-state index contributed by atoms with van der Waals surface area (Å²) >= 11 is 0. The first-order chi connectivity index (χ1) is 17.5. The highest BCUT2D eigenvalue weighted by Gasteiger charge is 2.48. The number of anilines is 1. The SMILES string of the molecule is CC(C)OC(=O)CNP(=O)(OC[C@@H]1C[C@@](C)(F)[C@H](n2cnc3c(=O)[nH]c(N)nc32)O1)Oc1ccccc1. The van der Waals surface area contributed by atoms with Crippen LogP contribution in [-0.2, 0) is 23.4 Å². The summed E-state index contributed by atoms with van der Waals surface area (Å²) in [4.78, 5) is 34.5. The van der Waals surface area contributed by atoms with Gasteiger partial charge in [-0.05, 0) is 32.9 Å². The van der Waals surface area contributed by atoms with Gasteiger partial charge in [0.15, 0.2) is 23.1 Å². The van der Waals surface area contributed by atoms with Crippen LogP contribution in [0.3, 0.4) is 0 Å². The number of fused-ring (bicyclic) bond motifs is 1. The van der Waals surface area contributed by atoms with Gasteiger partial charge in [0.25, 0.3) is 5.56 Å². The molecule has 37 heavy (non-hydrogen) atoms. The van der Waals surface area contributed by atoms with Crippen molar-refractivity contribution in [2.45, 2.75) is 51.3 Å². The van der Waals surface area contributed by atoms with Crippen LogP contribution in [0.15, 0.2) is 41.5 Å². The van der Waals surface area contributed by atoms with Gasteiger partial charge in [-0.1, -0.05) is 18.2 Å². The summed E-state index contributed by atoms with van der Waals surface area (Å²) in [5.41, 5.74) is 3.17.